The van der Waals surface area contributed by atoms with Crippen molar-refractivity contribution in [3.63, 3.8) is 0 Å². The Labute approximate surface area is 292 Å². The number of hydrogen-bond acceptors (Lipinski definition) is 6. The number of carbonyl (C=O) groups is 2. The molecule has 2 amide bonds. The SMILES string of the molecule is COc1ccc(N(CC(=O)N(Cc2cccc(Br)c2)[C@H](Cc2ccccc2)C(=O)NC(C)(C)C)S(=O)(=O)c2ccc(C)cc2)cc1OC. The van der Waals surface area contributed by atoms with E-state index in [-0.39, 0.29) is 29.5 Å². The highest BCUT2D eigenvalue weighted by molar-refractivity contribution is 9.10. The van der Waals surface area contributed by atoms with E-state index >= 15 is 0 Å². The van der Waals surface area contributed by atoms with Gasteiger partial charge in [0, 0.05) is 29.0 Å². The van der Waals surface area contributed by atoms with Crippen LogP contribution in [0.1, 0.15) is 37.5 Å². The molecule has 9 nitrogen and oxygen atoms in total. The molecule has 0 saturated heterocycles. The zero-order valence-corrected chi connectivity index (χ0v) is 30.5. The van der Waals surface area contributed by atoms with Crippen molar-refractivity contribution >= 4 is 43.5 Å². The van der Waals surface area contributed by atoms with Crippen LogP contribution < -0.4 is 19.1 Å². The molecular weight excluding hydrogens is 694 g/mol. The number of anilines is 1. The molecule has 0 spiro atoms. The third-order valence-corrected chi connectivity index (χ3v) is 9.84. The van der Waals surface area contributed by atoms with E-state index in [0.29, 0.717) is 11.5 Å². The fourth-order valence-corrected chi connectivity index (χ4v) is 7.04. The topological polar surface area (TPSA) is 105 Å². The molecule has 1 atom stereocenters. The molecular formula is C37H42BrN3O6S. The quantitative estimate of drug-likeness (QED) is 0.168. The van der Waals surface area contributed by atoms with E-state index in [1.165, 1.54) is 37.3 Å². The normalized spacial score (nSPS) is 12.1. The first kappa shape index (κ1) is 36.5. The van der Waals surface area contributed by atoms with Crippen LogP contribution in [0, 0.1) is 6.92 Å². The summed E-state index contributed by atoms with van der Waals surface area (Å²) in [4.78, 5) is 30.2. The summed E-state index contributed by atoms with van der Waals surface area (Å²) in [5.74, 6) is -0.221. The number of amides is 2. The molecule has 11 heteroatoms. The van der Waals surface area contributed by atoms with Gasteiger partial charge in [0.15, 0.2) is 11.5 Å². The maximum atomic E-state index is 14.7. The van der Waals surface area contributed by atoms with Crippen LogP contribution in [-0.4, -0.2) is 57.5 Å². The highest BCUT2D eigenvalue weighted by Gasteiger charge is 2.36. The Balaban J connectivity index is 1.86. The van der Waals surface area contributed by atoms with Gasteiger partial charge in [-0.25, -0.2) is 8.42 Å². The molecule has 0 heterocycles. The monoisotopic (exact) mass is 735 g/mol. The summed E-state index contributed by atoms with van der Waals surface area (Å²) in [5, 5.41) is 3.04. The number of nitrogens with one attached hydrogen (secondary N) is 1. The van der Waals surface area contributed by atoms with Crippen molar-refractivity contribution in [2.24, 2.45) is 0 Å². The third kappa shape index (κ3) is 9.38. The Bertz CT molecular complexity index is 1830. The lowest BCUT2D eigenvalue weighted by Crippen LogP contribution is -2.56. The maximum Gasteiger partial charge on any atom is 0.264 e. The number of aryl methyl sites for hydroxylation is 1. The number of ether oxygens (including phenoxy) is 2. The van der Waals surface area contributed by atoms with Gasteiger partial charge in [0.05, 0.1) is 24.8 Å². The van der Waals surface area contributed by atoms with E-state index < -0.39 is 34.1 Å². The molecule has 254 valence electrons. The summed E-state index contributed by atoms with van der Waals surface area (Å²) < 4.78 is 41.4. The summed E-state index contributed by atoms with van der Waals surface area (Å²) in [6.07, 6.45) is 0.212. The fraction of sp³-hybridized carbons (Fsp3) is 0.297. The summed E-state index contributed by atoms with van der Waals surface area (Å²) in [5.41, 5.74) is 2.11. The number of halogens is 1. The lowest BCUT2D eigenvalue weighted by Gasteiger charge is -2.35. The summed E-state index contributed by atoms with van der Waals surface area (Å²) >= 11 is 3.51. The molecule has 4 rings (SSSR count). The van der Waals surface area contributed by atoms with Gasteiger partial charge in [-0.05, 0) is 75.2 Å². The van der Waals surface area contributed by atoms with Gasteiger partial charge in [-0.3, -0.25) is 13.9 Å². The van der Waals surface area contributed by atoms with Gasteiger partial charge in [0.2, 0.25) is 11.8 Å². The lowest BCUT2D eigenvalue weighted by molar-refractivity contribution is -0.140. The first-order valence-electron chi connectivity index (χ1n) is 15.4. The van der Waals surface area contributed by atoms with Crippen LogP contribution in [0.4, 0.5) is 5.69 Å². The minimum Gasteiger partial charge on any atom is -0.493 e. The predicted molar refractivity (Wildman–Crippen MR) is 192 cm³/mol. The Hall–Kier alpha value is -4.35. The zero-order chi connectivity index (χ0) is 35.1. The standard InChI is InChI=1S/C37H42BrN3O6S/c1-26-15-18-31(19-16-26)48(44,45)41(30-17-20-33(46-5)34(23-30)47-6)25-35(42)40(24-28-13-10-14-29(38)21-28)32(36(43)39-37(2,3)4)22-27-11-8-7-9-12-27/h7-21,23,32H,22,24-25H2,1-6H3,(H,39,43)/t32-/m1/s1. The van der Waals surface area contributed by atoms with Crippen molar-refractivity contribution in [2.45, 2.75) is 57.1 Å². The Kier molecular flexibility index (Phi) is 11.9. The van der Waals surface area contributed by atoms with E-state index in [0.717, 1.165) is 25.5 Å². The number of sulfonamides is 1. The van der Waals surface area contributed by atoms with Crippen molar-refractivity contribution in [1.82, 2.24) is 10.2 Å². The van der Waals surface area contributed by atoms with Crippen LogP contribution in [0.5, 0.6) is 11.5 Å². The largest absolute Gasteiger partial charge is 0.493 e. The Morgan fingerprint density at radius 2 is 1.48 bits per heavy atom. The number of hydrogen-bond donors (Lipinski definition) is 1. The van der Waals surface area contributed by atoms with Gasteiger partial charge >= 0.3 is 0 Å². The molecule has 0 aromatic heterocycles. The lowest BCUT2D eigenvalue weighted by atomic mass is 10.0. The summed E-state index contributed by atoms with van der Waals surface area (Å²) in [7, 11) is -1.34. The van der Waals surface area contributed by atoms with Crippen LogP contribution in [0.3, 0.4) is 0 Å². The molecule has 0 fully saturated rings. The minimum atomic E-state index is -4.28. The number of nitrogens with zero attached hydrogens (tertiary/aromatic N) is 2. The Morgan fingerprint density at radius 3 is 2.08 bits per heavy atom. The van der Waals surface area contributed by atoms with Crippen molar-refractivity contribution in [1.29, 1.82) is 0 Å². The maximum absolute atomic E-state index is 14.7. The van der Waals surface area contributed by atoms with Crippen molar-refractivity contribution in [3.05, 3.63) is 118 Å². The van der Waals surface area contributed by atoms with Gasteiger partial charge in [-0.15, -0.1) is 0 Å². The molecule has 0 saturated carbocycles. The van der Waals surface area contributed by atoms with Gasteiger partial charge in [-0.1, -0.05) is 76.1 Å². The molecule has 0 unspecified atom stereocenters. The molecule has 0 bridgehead atoms. The Morgan fingerprint density at radius 1 is 0.833 bits per heavy atom. The molecule has 0 aliphatic carbocycles. The number of methoxy groups -OCH3 is 2. The fourth-order valence-electron chi connectivity index (χ4n) is 5.19. The van der Waals surface area contributed by atoms with E-state index in [9.17, 15) is 18.0 Å². The highest BCUT2D eigenvalue weighted by Crippen LogP contribution is 2.34. The average molecular weight is 737 g/mol. The average Bonchev–Trinajstić information content (AvgIpc) is 3.04. The van der Waals surface area contributed by atoms with Crippen molar-refractivity contribution in [2.75, 3.05) is 25.1 Å². The van der Waals surface area contributed by atoms with Crippen LogP contribution in [-0.2, 0) is 32.6 Å². The van der Waals surface area contributed by atoms with Crippen LogP contribution in [0.2, 0.25) is 0 Å². The summed E-state index contributed by atoms with van der Waals surface area (Å²) in [6, 6.07) is 27.0. The van der Waals surface area contributed by atoms with Gasteiger partial charge in [0.25, 0.3) is 10.0 Å². The van der Waals surface area contributed by atoms with Crippen LogP contribution in [0.15, 0.2) is 106 Å². The second kappa shape index (κ2) is 15.7. The predicted octanol–water partition coefficient (Wildman–Crippen LogP) is 6.52. The van der Waals surface area contributed by atoms with E-state index in [1.807, 2.05) is 82.3 Å². The second-order valence-corrected chi connectivity index (χ2v) is 15.2. The van der Waals surface area contributed by atoms with E-state index in [1.54, 1.807) is 24.3 Å². The summed E-state index contributed by atoms with van der Waals surface area (Å²) in [6.45, 7) is 6.94. The van der Waals surface area contributed by atoms with Crippen molar-refractivity contribution in [3.8, 4) is 11.5 Å². The minimum absolute atomic E-state index is 0.0144. The molecule has 0 aliphatic rings. The molecule has 0 radical (unpaired) electrons. The molecule has 48 heavy (non-hydrogen) atoms. The highest BCUT2D eigenvalue weighted by atomic mass is 79.9. The van der Waals surface area contributed by atoms with Gasteiger partial charge in [0.1, 0.15) is 12.6 Å². The number of rotatable bonds is 13. The number of benzene rings is 4. The first-order chi connectivity index (χ1) is 22.7. The smallest absolute Gasteiger partial charge is 0.264 e. The van der Waals surface area contributed by atoms with Crippen molar-refractivity contribution < 1.29 is 27.5 Å². The third-order valence-electron chi connectivity index (χ3n) is 7.55. The zero-order valence-electron chi connectivity index (χ0n) is 28.1. The molecule has 4 aromatic rings. The van der Waals surface area contributed by atoms with Crippen LogP contribution in [0.25, 0.3) is 0 Å². The van der Waals surface area contributed by atoms with E-state index in [4.69, 9.17) is 9.47 Å². The van der Waals surface area contributed by atoms with Gasteiger partial charge in [-0.2, -0.15) is 0 Å². The number of carbonyl (C=O) groups excluding carboxylic acids is 2. The second-order valence-electron chi connectivity index (χ2n) is 12.5. The molecule has 4 aromatic carbocycles. The first-order valence-corrected chi connectivity index (χ1v) is 17.7. The molecule has 0 aliphatic heterocycles. The van der Waals surface area contributed by atoms with E-state index in [2.05, 4.69) is 21.2 Å². The molecule has 1 N–H and O–H groups in total. The van der Waals surface area contributed by atoms with Crippen LogP contribution >= 0.6 is 15.9 Å². The van der Waals surface area contributed by atoms with Gasteiger partial charge < -0.3 is 19.7 Å².